The van der Waals surface area contributed by atoms with Gasteiger partial charge in [0.05, 0.1) is 0 Å². The molecular formula is C17H23N3. The van der Waals surface area contributed by atoms with Gasteiger partial charge in [-0.25, -0.2) is 0 Å². The molecule has 3 heterocycles. The maximum Gasteiger partial charge on any atom is 0.0457 e. The van der Waals surface area contributed by atoms with Crippen LogP contribution in [0, 0.1) is 0 Å². The normalized spacial score (nSPS) is 27.0. The van der Waals surface area contributed by atoms with E-state index in [2.05, 4.69) is 39.5 Å². The molecule has 0 saturated carbocycles. The first-order valence-corrected chi connectivity index (χ1v) is 7.94. The first-order valence-electron chi connectivity index (χ1n) is 7.94. The summed E-state index contributed by atoms with van der Waals surface area (Å²) < 4.78 is 0. The van der Waals surface area contributed by atoms with Crippen molar-refractivity contribution in [2.75, 3.05) is 13.1 Å². The monoisotopic (exact) mass is 269 g/mol. The van der Waals surface area contributed by atoms with E-state index in [0.29, 0.717) is 6.04 Å². The van der Waals surface area contributed by atoms with E-state index in [1.807, 2.05) is 6.20 Å². The number of nitrogens with one attached hydrogen (secondary N) is 2. The minimum absolute atomic E-state index is 0.685. The Hall–Kier alpha value is -1.32. The van der Waals surface area contributed by atoms with Gasteiger partial charge in [-0.05, 0) is 43.5 Å². The number of piperidine rings is 1. The average molecular weight is 269 g/mol. The van der Waals surface area contributed by atoms with E-state index >= 15 is 0 Å². The highest BCUT2D eigenvalue weighted by Gasteiger charge is 2.34. The second-order valence-corrected chi connectivity index (χ2v) is 6.23. The van der Waals surface area contributed by atoms with Gasteiger partial charge in [-0.1, -0.05) is 18.6 Å². The maximum atomic E-state index is 3.82. The largest absolute Gasteiger partial charge is 0.361 e. The fourth-order valence-corrected chi connectivity index (χ4v) is 4.03. The molecule has 2 aromatic rings. The van der Waals surface area contributed by atoms with Crippen LogP contribution < -0.4 is 5.32 Å². The topological polar surface area (TPSA) is 31.1 Å². The highest BCUT2D eigenvalue weighted by molar-refractivity contribution is 5.82. The Kier molecular flexibility index (Phi) is 3.25. The van der Waals surface area contributed by atoms with Crippen LogP contribution in [0.3, 0.4) is 0 Å². The van der Waals surface area contributed by atoms with E-state index in [4.69, 9.17) is 0 Å². The van der Waals surface area contributed by atoms with Crippen molar-refractivity contribution in [2.45, 2.75) is 44.3 Å². The van der Waals surface area contributed by atoms with E-state index in [9.17, 15) is 0 Å². The fourth-order valence-electron chi connectivity index (χ4n) is 4.03. The minimum atomic E-state index is 0.685. The fraction of sp³-hybridized carbons (Fsp3) is 0.529. The second-order valence-electron chi connectivity index (χ2n) is 6.23. The van der Waals surface area contributed by atoms with E-state index in [-0.39, 0.29) is 0 Å². The number of hydrogen-bond acceptors (Lipinski definition) is 2. The number of hydrogen-bond donors (Lipinski definition) is 2. The molecule has 2 N–H and O–H groups in total. The summed E-state index contributed by atoms with van der Waals surface area (Å²) in [6, 6.07) is 10.2. The van der Waals surface area contributed by atoms with Gasteiger partial charge in [0.2, 0.25) is 0 Å². The highest BCUT2D eigenvalue weighted by atomic mass is 15.2. The van der Waals surface area contributed by atoms with E-state index in [0.717, 1.165) is 12.6 Å². The lowest BCUT2D eigenvalue weighted by Crippen LogP contribution is -2.44. The van der Waals surface area contributed by atoms with Crippen molar-refractivity contribution in [1.82, 2.24) is 15.2 Å². The molecule has 20 heavy (non-hydrogen) atoms. The third-order valence-electron chi connectivity index (χ3n) is 5.10. The molecule has 0 spiro atoms. The molecule has 2 aliphatic heterocycles. The van der Waals surface area contributed by atoms with E-state index < -0.39 is 0 Å². The van der Waals surface area contributed by atoms with Crippen molar-refractivity contribution < 1.29 is 0 Å². The molecule has 1 aromatic carbocycles. The first-order chi connectivity index (χ1) is 9.92. The molecule has 1 aromatic heterocycles. The molecule has 3 nitrogen and oxygen atoms in total. The van der Waals surface area contributed by atoms with Gasteiger partial charge in [-0.3, -0.25) is 4.90 Å². The summed E-state index contributed by atoms with van der Waals surface area (Å²) in [5, 5.41) is 5.18. The third kappa shape index (κ3) is 2.15. The Labute approximate surface area is 120 Å². The predicted molar refractivity (Wildman–Crippen MR) is 82.8 cm³/mol. The molecule has 0 bridgehead atoms. The number of benzene rings is 1. The van der Waals surface area contributed by atoms with Crippen molar-refractivity contribution in [1.29, 1.82) is 0 Å². The summed E-state index contributed by atoms with van der Waals surface area (Å²) in [5.74, 6) is 0. The summed E-state index contributed by atoms with van der Waals surface area (Å²) in [7, 11) is 0. The van der Waals surface area contributed by atoms with Crippen LogP contribution in [0.5, 0.6) is 0 Å². The quantitative estimate of drug-likeness (QED) is 0.897. The second kappa shape index (κ2) is 5.23. The van der Waals surface area contributed by atoms with Crippen LogP contribution in [0.15, 0.2) is 30.5 Å². The van der Waals surface area contributed by atoms with Gasteiger partial charge < -0.3 is 10.3 Å². The Balaban J connectivity index is 1.46. The lowest BCUT2D eigenvalue weighted by molar-refractivity contribution is 0.180. The van der Waals surface area contributed by atoms with Crippen LogP contribution in [0.2, 0.25) is 0 Å². The van der Waals surface area contributed by atoms with Gasteiger partial charge in [-0.15, -0.1) is 0 Å². The summed E-state index contributed by atoms with van der Waals surface area (Å²) >= 11 is 0. The van der Waals surface area contributed by atoms with Crippen LogP contribution >= 0.6 is 0 Å². The molecule has 0 aliphatic carbocycles. The summed E-state index contributed by atoms with van der Waals surface area (Å²) in [6.45, 7) is 3.59. The van der Waals surface area contributed by atoms with Crippen LogP contribution in [0.1, 0.15) is 31.2 Å². The Morgan fingerprint density at radius 1 is 1.15 bits per heavy atom. The molecule has 2 aliphatic rings. The van der Waals surface area contributed by atoms with Gasteiger partial charge in [0, 0.05) is 42.3 Å². The zero-order valence-corrected chi connectivity index (χ0v) is 11.9. The number of nitrogens with zero attached hydrogens (tertiary/aromatic N) is 1. The smallest absolute Gasteiger partial charge is 0.0457 e. The summed E-state index contributed by atoms with van der Waals surface area (Å²) in [4.78, 5) is 5.99. The number of H-pyrrole nitrogens is 1. The lowest BCUT2D eigenvalue weighted by atomic mass is 9.98. The Morgan fingerprint density at radius 3 is 3.15 bits per heavy atom. The van der Waals surface area contributed by atoms with Crippen LogP contribution in [-0.4, -0.2) is 35.1 Å². The van der Waals surface area contributed by atoms with E-state index in [1.54, 1.807) is 0 Å². The van der Waals surface area contributed by atoms with Gasteiger partial charge in [0.25, 0.3) is 0 Å². The van der Waals surface area contributed by atoms with Crippen molar-refractivity contribution in [3.63, 3.8) is 0 Å². The molecule has 2 unspecified atom stereocenters. The van der Waals surface area contributed by atoms with Crippen LogP contribution in [0.4, 0.5) is 0 Å². The Morgan fingerprint density at radius 2 is 2.15 bits per heavy atom. The molecule has 0 radical (unpaired) electrons. The molecule has 3 heteroatoms. The average Bonchev–Trinajstić information content (AvgIpc) is 3.12. The zero-order valence-electron chi connectivity index (χ0n) is 11.9. The standard InChI is InChI=1S/C17H23N3/c1-2-10-20-11-8-16(17(20)6-1)19-12-13-4-3-5-15-14(13)7-9-18-15/h3-5,7,9,16-19H,1-2,6,8,10-12H2. The number of aromatic nitrogens is 1. The molecular weight excluding hydrogens is 246 g/mol. The molecule has 106 valence electrons. The molecule has 2 atom stereocenters. The molecule has 2 fully saturated rings. The first kappa shape index (κ1) is 12.4. The van der Waals surface area contributed by atoms with Gasteiger partial charge in [0.15, 0.2) is 0 Å². The number of rotatable bonds is 3. The lowest BCUT2D eigenvalue weighted by Gasteiger charge is -2.32. The highest BCUT2D eigenvalue weighted by Crippen LogP contribution is 2.27. The van der Waals surface area contributed by atoms with Crippen LogP contribution in [-0.2, 0) is 6.54 Å². The Bertz CT molecular complexity index is 589. The maximum absolute atomic E-state index is 3.82. The van der Waals surface area contributed by atoms with Crippen molar-refractivity contribution >= 4 is 10.9 Å². The predicted octanol–water partition coefficient (Wildman–Crippen LogP) is 2.88. The van der Waals surface area contributed by atoms with Gasteiger partial charge in [-0.2, -0.15) is 0 Å². The summed E-state index contributed by atoms with van der Waals surface area (Å²) in [5.41, 5.74) is 2.66. The number of fused-ring (bicyclic) bond motifs is 2. The SMILES string of the molecule is c1cc(CNC2CCN3CCCCC23)c2cc[nH]c2c1. The molecule has 4 rings (SSSR count). The van der Waals surface area contributed by atoms with Crippen molar-refractivity contribution in [2.24, 2.45) is 0 Å². The third-order valence-corrected chi connectivity index (χ3v) is 5.10. The molecule has 2 saturated heterocycles. The molecule has 0 amide bonds. The number of aromatic amines is 1. The van der Waals surface area contributed by atoms with Crippen molar-refractivity contribution in [3.8, 4) is 0 Å². The van der Waals surface area contributed by atoms with E-state index in [1.165, 1.54) is 55.2 Å². The van der Waals surface area contributed by atoms with Crippen LogP contribution in [0.25, 0.3) is 10.9 Å². The van der Waals surface area contributed by atoms with Crippen molar-refractivity contribution in [3.05, 3.63) is 36.0 Å². The minimum Gasteiger partial charge on any atom is -0.361 e. The van der Waals surface area contributed by atoms with Gasteiger partial charge in [0.1, 0.15) is 0 Å². The van der Waals surface area contributed by atoms with Gasteiger partial charge >= 0.3 is 0 Å². The zero-order chi connectivity index (χ0) is 13.4. The summed E-state index contributed by atoms with van der Waals surface area (Å²) in [6.07, 6.45) is 7.53.